The molecule has 1 N–H and O–H groups in total. The lowest BCUT2D eigenvalue weighted by Gasteiger charge is -2.32. The number of likely N-dealkylation sites (tertiary alicyclic amines) is 1. The molecule has 0 bridgehead atoms. The standard InChI is InChI=1S/C16H25FN2O2S/c1-13(2)7-10-19-11-8-15(9-12-19)18-22(20,21)16-5-3-14(17)4-6-16/h3-6,13,15,18H,7-12H2,1-2H3. The van der Waals surface area contributed by atoms with Crippen LogP contribution in [0.25, 0.3) is 0 Å². The van der Waals surface area contributed by atoms with Crippen LogP contribution in [-0.2, 0) is 10.0 Å². The van der Waals surface area contributed by atoms with E-state index in [0.717, 1.165) is 32.5 Å². The topological polar surface area (TPSA) is 49.4 Å². The van der Waals surface area contributed by atoms with Crippen LogP contribution in [0.5, 0.6) is 0 Å². The van der Waals surface area contributed by atoms with Crippen molar-refractivity contribution in [1.82, 2.24) is 9.62 Å². The first-order valence-electron chi connectivity index (χ1n) is 7.87. The number of piperidine rings is 1. The van der Waals surface area contributed by atoms with Crippen molar-refractivity contribution in [1.29, 1.82) is 0 Å². The lowest BCUT2D eigenvalue weighted by molar-refractivity contribution is 0.198. The second kappa shape index (κ2) is 7.53. The molecule has 0 atom stereocenters. The largest absolute Gasteiger partial charge is 0.303 e. The molecule has 4 nitrogen and oxygen atoms in total. The van der Waals surface area contributed by atoms with E-state index in [-0.39, 0.29) is 10.9 Å². The smallest absolute Gasteiger partial charge is 0.240 e. The van der Waals surface area contributed by atoms with Gasteiger partial charge in [0.2, 0.25) is 10.0 Å². The summed E-state index contributed by atoms with van der Waals surface area (Å²) in [5.41, 5.74) is 0. The normalized spacial score (nSPS) is 18.0. The molecular formula is C16H25FN2O2S. The first kappa shape index (κ1) is 17.4. The van der Waals surface area contributed by atoms with Crippen molar-refractivity contribution in [3.63, 3.8) is 0 Å². The fourth-order valence-electron chi connectivity index (χ4n) is 2.62. The average molecular weight is 328 g/mol. The van der Waals surface area contributed by atoms with Crippen LogP contribution >= 0.6 is 0 Å². The van der Waals surface area contributed by atoms with E-state index in [0.29, 0.717) is 5.92 Å². The maximum atomic E-state index is 12.9. The summed E-state index contributed by atoms with van der Waals surface area (Å²) in [6.07, 6.45) is 2.81. The Kier molecular flexibility index (Phi) is 5.94. The molecule has 1 aliphatic rings. The Balaban J connectivity index is 1.86. The summed E-state index contributed by atoms with van der Waals surface area (Å²) in [6, 6.07) is 4.90. The molecule has 1 aromatic carbocycles. The van der Waals surface area contributed by atoms with Gasteiger partial charge in [0.05, 0.1) is 4.90 Å². The van der Waals surface area contributed by atoms with Crippen molar-refractivity contribution < 1.29 is 12.8 Å². The van der Waals surface area contributed by atoms with Gasteiger partial charge in [-0.1, -0.05) is 13.8 Å². The molecule has 0 aromatic heterocycles. The Labute approximate surface area is 132 Å². The Bertz CT molecular complexity index is 564. The molecule has 1 heterocycles. The highest BCUT2D eigenvalue weighted by Crippen LogP contribution is 2.16. The fourth-order valence-corrected chi connectivity index (χ4v) is 3.92. The van der Waals surface area contributed by atoms with Crippen LogP contribution in [-0.4, -0.2) is 39.0 Å². The molecule has 1 aliphatic heterocycles. The van der Waals surface area contributed by atoms with E-state index in [9.17, 15) is 12.8 Å². The second-order valence-electron chi connectivity index (χ2n) is 6.37. The third kappa shape index (κ3) is 5.04. The number of nitrogens with one attached hydrogen (secondary N) is 1. The molecule has 0 spiro atoms. The van der Waals surface area contributed by atoms with E-state index in [1.54, 1.807) is 0 Å². The van der Waals surface area contributed by atoms with Gasteiger partial charge in [-0.05, 0) is 69.1 Å². The summed E-state index contributed by atoms with van der Waals surface area (Å²) >= 11 is 0. The quantitative estimate of drug-likeness (QED) is 0.873. The Morgan fingerprint density at radius 3 is 2.36 bits per heavy atom. The molecule has 0 aliphatic carbocycles. The summed E-state index contributed by atoms with van der Waals surface area (Å²) in [5, 5.41) is 0. The molecular weight excluding hydrogens is 303 g/mol. The van der Waals surface area contributed by atoms with Gasteiger partial charge in [-0.15, -0.1) is 0 Å². The van der Waals surface area contributed by atoms with Crippen LogP contribution in [0, 0.1) is 11.7 Å². The van der Waals surface area contributed by atoms with Crippen molar-refractivity contribution >= 4 is 10.0 Å². The summed E-state index contributed by atoms with van der Waals surface area (Å²) in [7, 11) is -3.56. The van der Waals surface area contributed by atoms with Gasteiger partial charge in [0.15, 0.2) is 0 Å². The number of hydrogen-bond acceptors (Lipinski definition) is 3. The summed E-state index contributed by atoms with van der Waals surface area (Å²) in [4.78, 5) is 2.51. The van der Waals surface area contributed by atoms with Crippen LogP contribution in [0.2, 0.25) is 0 Å². The van der Waals surface area contributed by atoms with Gasteiger partial charge in [0.1, 0.15) is 5.82 Å². The van der Waals surface area contributed by atoms with Gasteiger partial charge < -0.3 is 4.90 Å². The number of nitrogens with zero attached hydrogens (tertiary/aromatic N) is 1. The maximum absolute atomic E-state index is 12.9. The van der Waals surface area contributed by atoms with E-state index in [1.807, 2.05) is 0 Å². The van der Waals surface area contributed by atoms with Crippen LogP contribution in [0.3, 0.4) is 0 Å². The van der Waals surface area contributed by atoms with Gasteiger partial charge >= 0.3 is 0 Å². The summed E-state index contributed by atoms with van der Waals surface area (Å²) in [5.74, 6) is 0.257. The van der Waals surface area contributed by atoms with Crippen molar-refractivity contribution in [3.05, 3.63) is 30.1 Å². The molecule has 1 fully saturated rings. The average Bonchev–Trinajstić information content (AvgIpc) is 2.46. The van der Waals surface area contributed by atoms with Gasteiger partial charge in [0.25, 0.3) is 0 Å². The molecule has 124 valence electrons. The zero-order valence-electron chi connectivity index (χ0n) is 13.3. The van der Waals surface area contributed by atoms with E-state index in [4.69, 9.17) is 0 Å². The number of rotatable bonds is 6. The minimum atomic E-state index is -3.56. The Hall–Kier alpha value is -0.980. The molecule has 1 saturated heterocycles. The molecule has 2 rings (SSSR count). The van der Waals surface area contributed by atoms with Crippen molar-refractivity contribution in [2.45, 2.75) is 44.0 Å². The Morgan fingerprint density at radius 2 is 1.82 bits per heavy atom. The summed E-state index contributed by atoms with van der Waals surface area (Å²) in [6.45, 7) is 7.34. The number of halogens is 1. The minimum Gasteiger partial charge on any atom is -0.303 e. The lowest BCUT2D eigenvalue weighted by Crippen LogP contribution is -2.44. The van der Waals surface area contributed by atoms with Crippen LogP contribution in [0.1, 0.15) is 33.1 Å². The van der Waals surface area contributed by atoms with E-state index in [1.165, 1.54) is 30.7 Å². The van der Waals surface area contributed by atoms with E-state index in [2.05, 4.69) is 23.5 Å². The monoisotopic (exact) mass is 328 g/mol. The first-order valence-corrected chi connectivity index (χ1v) is 9.35. The lowest BCUT2D eigenvalue weighted by atomic mass is 10.0. The molecule has 22 heavy (non-hydrogen) atoms. The molecule has 6 heteroatoms. The number of hydrogen-bond donors (Lipinski definition) is 1. The fraction of sp³-hybridized carbons (Fsp3) is 0.625. The van der Waals surface area contributed by atoms with E-state index >= 15 is 0 Å². The van der Waals surface area contributed by atoms with Crippen LogP contribution in [0.15, 0.2) is 29.2 Å². The van der Waals surface area contributed by atoms with Crippen LogP contribution < -0.4 is 4.72 Å². The van der Waals surface area contributed by atoms with Crippen LogP contribution in [0.4, 0.5) is 4.39 Å². The van der Waals surface area contributed by atoms with Crippen molar-refractivity contribution in [3.8, 4) is 0 Å². The van der Waals surface area contributed by atoms with Gasteiger partial charge in [-0.25, -0.2) is 17.5 Å². The number of sulfonamides is 1. The third-order valence-electron chi connectivity index (χ3n) is 4.06. The highest BCUT2D eigenvalue weighted by atomic mass is 32.2. The van der Waals surface area contributed by atoms with E-state index < -0.39 is 15.8 Å². The van der Waals surface area contributed by atoms with Gasteiger partial charge in [-0.3, -0.25) is 0 Å². The minimum absolute atomic E-state index is 0.0367. The van der Waals surface area contributed by atoms with Gasteiger partial charge in [0, 0.05) is 6.04 Å². The SMILES string of the molecule is CC(C)CCN1CCC(NS(=O)(=O)c2ccc(F)cc2)CC1. The maximum Gasteiger partial charge on any atom is 0.240 e. The third-order valence-corrected chi connectivity index (χ3v) is 5.59. The number of benzene rings is 1. The molecule has 0 radical (unpaired) electrons. The summed E-state index contributed by atoms with van der Waals surface area (Å²) < 4.78 is 40.1. The molecule has 0 saturated carbocycles. The molecule has 0 unspecified atom stereocenters. The second-order valence-corrected chi connectivity index (χ2v) is 8.09. The van der Waals surface area contributed by atoms with Crippen molar-refractivity contribution in [2.24, 2.45) is 5.92 Å². The highest BCUT2D eigenvalue weighted by molar-refractivity contribution is 7.89. The zero-order valence-corrected chi connectivity index (χ0v) is 14.1. The highest BCUT2D eigenvalue weighted by Gasteiger charge is 2.24. The Morgan fingerprint density at radius 1 is 1.23 bits per heavy atom. The van der Waals surface area contributed by atoms with Gasteiger partial charge in [-0.2, -0.15) is 0 Å². The predicted octanol–water partition coefficient (Wildman–Crippen LogP) is 2.61. The first-order chi connectivity index (χ1) is 10.4. The molecule has 1 aromatic rings. The zero-order chi connectivity index (χ0) is 16.2. The predicted molar refractivity (Wildman–Crippen MR) is 85.6 cm³/mol. The van der Waals surface area contributed by atoms with Crippen molar-refractivity contribution in [2.75, 3.05) is 19.6 Å². The molecule has 0 amide bonds.